The van der Waals surface area contributed by atoms with E-state index < -0.39 is 29.2 Å². The Balaban J connectivity index is 1.91. The lowest BCUT2D eigenvalue weighted by atomic mass is 9.99. The predicted octanol–water partition coefficient (Wildman–Crippen LogP) is 3.78. The van der Waals surface area contributed by atoms with Gasteiger partial charge < -0.3 is 10.4 Å². The molecular weight excluding hydrogens is 364 g/mol. The number of benzene rings is 1. The van der Waals surface area contributed by atoms with Crippen molar-refractivity contribution in [2.75, 3.05) is 5.32 Å². The maximum atomic E-state index is 13.2. The molecule has 3 N–H and O–H groups in total. The first kappa shape index (κ1) is 19.8. The summed E-state index contributed by atoms with van der Waals surface area (Å²) in [4.78, 5) is 27.5. The van der Waals surface area contributed by atoms with Crippen molar-refractivity contribution in [2.45, 2.75) is 38.6 Å². The van der Waals surface area contributed by atoms with Crippen LogP contribution in [-0.4, -0.2) is 27.6 Å². The summed E-state index contributed by atoms with van der Waals surface area (Å²) >= 11 is 1.22. The van der Waals surface area contributed by atoms with E-state index in [4.69, 9.17) is 5.11 Å². The number of aliphatic carboxylic acids is 1. The van der Waals surface area contributed by atoms with Crippen LogP contribution in [0.3, 0.4) is 0 Å². The smallest absolute Gasteiger partial charge is 0.321 e. The van der Waals surface area contributed by atoms with Crippen LogP contribution in [0.1, 0.15) is 37.1 Å². The Morgan fingerprint density at radius 1 is 1.27 bits per heavy atom. The molecule has 26 heavy (non-hydrogen) atoms. The van der Waals surface area contributed by atoms with Crippen LogP contribution >= 0.6 is 11.3 Å². The van der Waals surface area contributed by atoms with E-state index in [2.05, 4.69) is 15.6 Å². The van der Waals surface area contributed by atoms with Crippen molar-refractivity contribution in [3.8, 4) is 0 Å². The molecule has 0 saturated carbocycles. The standard InChI is InChI=1S/C17H19F2N3O3S/c1-17(2,6-5-14(23)24)22-15(25)21-16-20-9-11(26-16)7-10-3-4-12(18)13(19)8-10/h3-4,8-9H,5-7H2,1-2H3,(H,23,24)(H2,20,21,22,25). The number of nitrogens with zero attached hydrogens (tertiary/aromatic N) is 1. The zero-order chi connectivity index (χ0) is 19.3. The summed E-state index contributed by atoms with van der Waals surface area (Å²) in [6, 6.07) is 3.19. The number of thiazole rings is 1. The SMILES string of the molecule is CC(C)(CCC(=O)O)NC(=O)Nc1ncc(Cc2ccc(F)c(F)c2)s1. The summed E-state index contributed by atoms with van der Waals surface area (Å²) in [6.45, 7) is 3.46. The van der Waals surface area contributed by atoms with E-state index in [0.29, 0.717) is 17.1 Å². The van der Waals surface area contributed by atoms with Crippen molar-refractivity contribution in [3.63, 3.8) is 0 Å². The topological polar surface area (TPSA) is 91.3 Å². The lowest BCUT2D eigenvalue weighted by Gasteiger charge is -2.25. The minimum atomic E-state index is -0.929. The van der Waals surface area contributed by atoms with E-state index in [1.54, 1.807) is 20.0 Å². The molecule has 0 spiro atoms. The van der Waals surface area contributed by atoms with Crippen LogP contribution in [-0.2, 0) is 11.2 Å². The van der Waals surface area contributed by atoms with E-state index in [1.165, 1.54) is 17.4 Å². The Morgan fingerprint density at radius 2 is 2.00 bits per heavy atom. The van der Waals surface area contributed by atoms with Gasteiger partial charge in [-0.05, 0) is 38.0 Å². The van der Waals surface area contributed by atoms with E-state index in [0.717, 1.165) is 17.0 Å². The monoisotopic (exact) mass is 383 g/mol. The molecule has 1 aromatic carbocycles. The maximum absolute atomic E-state index is 13.2. The highest BCUT2D eigenvalue weighted by Crippen LogP contribution is 2.22. The molecule has 0 aliphatic heterocycles. The van der Waals surface area contributed by atoms with Gasteiger partial charge in [0.25, 0.3) is 0 Å². The molecule has 0 atom stereocenters. The quantitative estimate of drug-likeness (QED) is 0.679. The Bertz CT molecular complexity index is 808. The maximum Gasteiger partial charge on any atom is 0.321 e. The van der Waals surface area contributed by atoms with Gasteiger partial charge in [0.1, 0.15) is 0 Å². The molecule has 0 bridgehead atoms. The van der Waals surface area contributed by atoms with Gasteiger partial charge in [0.2, 0.25) is 0 Å². The number of rotatable bonds is 7. The first-order valence-electron chi connectivity index (χ1n) is 7.84. The van der Waals surface area contributed by atoms with E-state index >= 15 is 0 Å². The molecule has 2 aromatic rings. The van der Waals surface area contributed by atoms with Crippen molar-refractivity contribution >= 4 is 28.5 Å². The molecule has 1 heterocycles. The molecule has 0 aliphatic rings. The fourth-order valence-corrected chi connectivity index (χ4v) is 3.06. The Labute approximate surface area is 153 Å². The van der Waals surface area contributed by atoms with Gasteiger partial charge >= 0.3 is 12.0 Å². The van der Waals surface area contributed by atoms with Crippen molar-refractivity contribution < 1.29 is 23.5 Å². The zero-order valence-electron chi connectivity index (χ0n) is 14.3. The molecule has 0 saturated heterocycles. The van der Waals surface area contributed by atoms with Gasteiger partial charge in [0.15, 0.2) is 16.8 Å². The minimum Gasteiger partial charge on any atom is -0.481 e. The number of carboxylic acids is 1. The largest absolute Gasteiger partial charge is 0.481 e. The molecule has 0 aliphatic carbocycles. The summed E-state index contributed by atoms with van der Waals surface area (Å²) in [5.41, 5.74) is -0.0906. The predicted molar refractivity (Wildman–Crippen MR) is 94.4 cm³/mol. The number of carbonyl (C=O) groups is 2. The average molecular weight is 383 g/mol. The molecule has 2 amide bonds. The van der Waals surface area contributed by atoms with Gasteiger partial charge in [-0.25, -0.2) is 18.6 Å². The molecule has 6 nitrogen and oxygen atoms in total. The number of urea groups is 1. The summed E-state index contributed by atoms with van der Waals surface area (Å²) in [7, 11) is 0. The first-order valence-corrected chi connectivity index (χ1v) is 8.66. The number of aromatic nitrogens is 1. The number of carboxylic acid groups (broad SMARTS) is 1. The molecule has 9 heteroatoms. The van der Waals surface area contributed by atoms with Crippen LogP contribution in [0.2, 0.25) is 0 Å². The summed E-state index contributed by atoms with van der Waals surface area (Å²) < 4.78 is 26.2. The molecular formula is C17H19F2N3O3S. The Hall–Kier alpha value is -2.55. The van der Waals surface area contributed by atoms with Gasteiger partial charge in [-0.3, -0.25) is 10.1 Å². The van der Waals surface area contributed by atoms with Gasteiger partial charge in [-0.15, -0.1) is 11.3 Å². The highest BCUT2D eigenvalue weighted by molar-refractivity contribution is 7.15. The lowest BCUT2D eigenvalue weighted by molar-refractivity contribution is -0.137. The lowest BCUT2D eigenvalue weighted by Crippen LogP contribution is -2.45. The van der Waals surface area contributed by atoms with Crippen molar-refractivity contribution in [2.24, 2.45) is 0 Å². The van der Waals surface area contributed by atoms with E-state index in [1.807, 2.05) is 0 Å². The highest BCUT2D eigenvalue weighted by Gasteiger charge is 2.22. The van der Waals surface area contributed by atoms with Gasteiger partial charge in [0, 0.05) is 29.5 Å². The first-order chi connectivity index (χ1) is 12.1. The molecule has 140 valence electrons. The Morgan fingerprint density at radius 3 is 2.65 bits per heavy atom. The van der Waals surface area contributed by atoms with Crippen LogP contribution < -0.4 is 10.6 Å². The third-order valence-corrected chi connectivity index (χ3v) is 4.46. The third-order valence-electron chi connectivity index (χ3n) is 3.55. The van der Waals surface area contributed by atoms with Crippen LogP contribution in [0.4, 0.5) is 18.7 Å². The van der Waals surface area contributed by atoms with Crippen LogP contribution in [0, 0.1) is 11.6 Å². The van der Waals surface area contributed by atoms with E-state index in [9.17, 15) is 18.4 Å². The summed E-state index contributed by atoms with van der Waals surface area (Å²) in [5, 5.41) is 14.4. The zero-order valence-corrected chi connectivity index (χ0v) is 15.1. The summed E-state index contributed by atoms with van der Waals surface area (Å²) in [6.07, 6.45) is 2.15. The van der Waals surface area contributed by atoms with Gasteiger partial charge in [0.05, 0.1) is 0 Å². The van der Waals surface area contributed by atoms with Crippen LogP contribution in [0.5, 0.6) is 0 Å². The highest BCUT2D eigenvalue weighted by atomic mass is 32.1. The normalized spacial score (nSPS) is 11.2. The molecule has 0 fully saturated rings. The summed E-state index contributed by atoms with van der Waals surface area (Å²) in [5.74, 6) is -2.74. The number of hydrogen-bond acceptors (Lipinski definition) is 4. The molecule has 0 radical (unpaired) electrons. The molecule has 0 unspecified atom stereocenters. The number of amides is 2. The Kier molecular flexibility index (Phi) is 6.25. The molecule has 2 rings (SSSR count). The number of halogens is 2. The third kappa shape index (κ3) is 6.07. The van der Waals surface area contributed by atoms with Gasteiger partial charge in [-0.1, -0.05) is 6.07 Å². The second-order valence-corrected chi connectivity index (χ2v) is 7.53. The minimum absolute atomic E-state index is 0.0527. The van der Waals surface area contributed by atoms with Crippen LogP contribution in [0.25, 0.3) is 0 Å². The van der Waals surface area contributed by atoms with Crippen molar-refractivity contribution in [1.29, 1.82) is 0 Å². The number of carbonyl (C=O) groups excluding carboxylic acids is 1. The second kappa shape index (κ2) is 8.22. The van der Waals surface area contributed by atoms with Gasteiger partial charge in [-0.2, -0.15) is 0 Å². The van der Waals surface area contributed by atoms with E-state index in [-0.39, 0.29) is 12.8 Å². The molecule has 1 aromatic heterocycles. The van der Waals surface area contributed by atoms with Crippen LogP contribution in [0.15, 0.2) is 24.4 Å². The van der Waals surface area contributed by atoms with Crippen molar-refractivity contribution in [3.05, 3.63) is 46.5 Å². The number of nitrogens with one attached hydrogen (secondary N) is 2. The fraction of sp³-hybridized carbons (Fsp3) is 0.353. The number of anilines is 1. The van der Waals surface area contributed by atoms with Crippen molar-refractivity contribution in [1.82, 2.24) is 10.3 Å². The number of hydrogen-bond donors (Lipinski definition) is 3. The fourth-order valence-electron chi connectivity index (χ4n) is 2.22. The second-order valence-electron chi connectivity index (χ2n) is 6.41. The average Bonchev–Trinajstić information content (AvgIpc) is 2.95.